The third-order valence-electron chi connectivity index (χ3n) is 13.0. The fourth-order valence-corrected chi connectivity index (χ4v) is 8.37. The number of ether oxygens (including phenoxy) is 1. The molecule has 1 unspecified atom stereocenters. The van der Waals surface area contributed by atoms with E-state index in [2.05, 4.69) is 47.5 Å². The van der Waals surface area contributed by atoms with Gasteiger partial charge in [-0.05, 0) is 68.0 Å². The van der Waals surface area contributed by atoms with Gasteiger partial charge in [0, 0.05) is 111 Å². The molecule has 0 radical (unpaired) electrons. The standard InChI is InChI=1S/C53H80N14O14/c1-3-42(69)56-19-20-60-53(80)63-52(54)59-16-7-10-41(51(79)61-31-37-11-13-39(68)14-12-37)62-50(78)36(2)38-8-6-9-40(30-38)81-29-5-4-15-57-46-47(49(77)48(46)76)58-18-17-55-35-67-27-25-65(33-44(72)73)23-21-64(32-43(70)71)22-24-66(26-28-67)34-45(74)75/h6,8-9,11-14,30,36,41,55,57-58,68H,3-5,7,10,15-29,31-35H2,1-2H3,(H,56,69)(H,61,79)(H,62,78)(H,70,71)(H,72,73)(H,74,75)(H4,54,59,60,63,80)/t36?,41-/m1/s1. The molecule has 0 bridgehead atoms. The molecule has 446 valence electrons. The predicted molar refractivity (Wildman–Crippen MR) is 302 cm³/mol. The number of carbonyl (C=O) groups is 7. The maximum Gasteiger partial charge on any atom is 0.321 e. The summed E-state index contributed by atoms with van der Waals surface area (Å²) >= 11 is 0. The average Bonchev–Trinajstić information content (AvgIpc) is 3.46. The van der Waals surface area contributed by atoms with Crippen LogP contribution in [0.15, 0.2) is 63.1 Å². The second-order valence-corrected chi connectivity index (χ2v) is 19.3. The van der Waals surface area contributed by atoms with Crippen molar-refractivity contribution in [2.75, 3.05) is 135 Å². The minimum absolute atomic E-state index is 0.0762. The number of hydrogen-bond acceptors (Lipinski definition) is 19. The zero-order valence-corrected chi connectivity index (χ0v) is 46.1. The van der Waals surface area contributed by atoms with Gasteiger partial charge in [0.25, 0.3) is 10.9 Å². The van der Waals surface area contributed by atoms with Crippen LogP contribution in [0.1, 0.15) is 63.0 Å². The minimum Gasteiger partial charge on any atom is -0.508 e. The number of amides is 5. The monoisotopic (exact) mass is 1140 g/mol. The number of hydrogen-bond donors (Lipinski definition) is 13. The number of aliphatic carboxylic acids is 3. The number of phenols is 1. The van der Waals surface area contributed by atoms with Crippen molar-refractivity contribution in [3.8, 4) is 11.5 Å². The smallest absolute Gasteiger partial charge is 0.321 e. The second kappa shape index (κ2) is 35.6. The molecular formula is C53H80N14O14. The van der Waals surface area contributed by atoms with Crippen molar-refractivity contribution >= 4 is 59.0 Å². The Morgan fingerprint density at radius 1 is 0.679 bits per heavy atom. The lowest BCUT2D eigenvalue weighted by molar-refractivity contribution is -0.140. The number of aromatic hydroxyl groups is 1. The molecule has 3 aromatic rings. The van der Waals surface area contributed by atoms with E-state index in [-0.39, 0.29) is 81.2 Å². The summed E-state index contributed by atoms with van der Waals surface area (Å²) in [5.41, 5.74) is 6.37. The first-order valence-electron chi connectivity index (χ1n) is 27.1. The van der Waals surface area contributed by atoms with Gasteiger partial charge in [-0.25, -0.2) is 4.79 Å². The summed E-state index contributed by atoms with van der Waals surface area (Å²) in [4.78, 5) is 122. The number of carbonyl (C=O) groups excluding carboxylic acids is 4. The maximum absolute atomic E-state index is 13.7. The van der Waals surface area contributed by atoms with Gasteiger partial charge >= 0.3 is 23.9 Å². The fraction of sp³-hybridized carbons (Fsp3) is 0.547. The van der Waals surface area contributed by atoms with E-state index >= 15 is 0 Å². The zero-order valence-electron chi connectivity index (χ0n) is 46.1. The highest BCUT2D eigenvalue weighted by atomic mass is 16.5. The lowest BCUT2D eigenvalue weighted by atomic mass is 9.99. The summed E-state index contributed by atoms with van der Waals surface area (Å²) < 4.78 is 6.01. The number of rotatable bonds is 33. The number of unbranched alkanes of at least 4 members (excludes halogenated alkanes) is 1. The van der Waals surface area contributed by atoms with Crippen LogP contribution in [-0.4, -0.2) is 218 Å². The van der Waals surface area contributed by atoms with Crippen LogP contribution in [0.3, 0.4) is 0 Å². The number of nitrogens with one attached hydrogen (secondary N) is 8. The van der Waals surface area contributed by atoms with Gasteiger partial charge in [-0.3, -0.25) is 68.3 Å². The number of nitrogens with zero attached hydrogens (tertiary/aromatic N) is 5. The van der Waals surface area contributed by atoms with Gasteiger partial charge in [0.05, 0.1) is 32.2 Å². The number of urea groups is 1. The van der Waals surface area contributed by atoms with Crippen LogP contribution in [0.2, 0.25) is 0 Å². The van der Waals surface area contributed by atoms with Crippen molar-refractivity contribution in [2.45, 2.75) is 64.5 Å². The number of anilines is 2. The fourth-order valence-electron chi connectivity index (χ4n) is 8.37. The molecule has 0 aromatic heterocycles. The molecule has 2 atom stereocenters. The maximum atomic E-state index is 13.7. The largest absolute Gasteiger partial charge is 0.508 e. The SMILES string of the molecule is CCC(=O)NCCNC(=O)NC(N)=NCCC[C@@H](NC(=O)C(C)c1cccc(OCCCCNc2c(NCCNCN3CCN(CC(=O)O)CCN(CC(=O)O)CCN(CC(=O)O)CC3)c(=O)c2=O)c1)C(=O)NCc1ccc(O)cc1. The lowest BCUT2D eigenvalue weighted by Crippen LogP contribution is -2.50. The molecule has 0 saturated carbocycles. The Morgan fingerprint density at radius 2 is 1.25 bits per heavy atom. The Labute approximate surface area is 469 Å². The van der Waals surface area contributed by atoms with Crippen molar-refractivity contribution in [1.82, 2.24) is 51.5 Å². The molecule has 14 N–H and O–H groups in total. The van der Waals surface area contributed by atoms with Crippen molar-refractivity contribution in [3.05, 3.63) is 80.1 Å². The molecule has 5 amide bonds. The molecule has 28 nitrogen and oxygen atoms in total. The molecule has 1 aliphatic heterocycles. The first-order chi connectivity index (χ1) is 38.8. The van der Waals surface area contributed by atoms with Gasteiger partial charge in [0.1, 0.15) is 28.9 Å². The topological polar surface area (TPSA) is 391 Å². The van der Waals surface area contributed by atoms with Crippen molar-refractivity contribution in [3.63, 3.8) is 0 Å². The average molecular weight is 1140 g/mol. The molecule has 4 rings (SSSR count). The van der Waals surface area contributed by atoms with E-state index < -0.39 is 58.6 Å². The van der Waals surface area contributed by atoms with Crippen LogP contribution in [-0.2, 0) is 35.3 Å². The van der Waals surface area contributed by atoms with Crippen molar-refractivity contribution < 1.29 is 58.7 Å². The molecule has 1 saturated heterocycles. The summed E-state index contributed by atoms with van der Waals surface area (Å²) in [6.45, 7) is 7.95. The van der Waals surface area contributed by atoms with Crippen LogP contribution >= 0.6 is 0 Å². The number of nitrogens with two attached hydrogens (primary N) is 1. The van der Waals surface area contributed by atoms with Crippen LogP contribution in [0.5, 0.6) is 11.5 Å². The lowest BCUT2D eigenvalue weighted by Gasteiger charge is -2.33. The van der Waals surface area contributed by atoms with Crippen LogP contribution < -0.4 is 63.9 Å². The molecule has 3 aromatic carbocycles. The van der Waals surface area contributed by atoms with Crippen molar-refractivity contribution in [2.24, 2.45) is 10.7 Å². The molecule has 1 heterocycles. The Bertz CT molecular complexity index is 2580. The highest BCUT2D eigenvalue weighted by molar-refractivity contribution is 5.95. The first-order valence-corrected chi connectivity index (χ1v) is 27.1. The second-order valence-electron chi connectivity index (χ2n) is 19.3. The minimum atomic E-state index is -1.03. The van der Waals surface area contributed by atoms with E-state index in [1.165, 1.54) is 12.1 Å². The van der Waals surface area contributed by atoms with Crippen LogP contribution in [0.4, 0.5) is 16.2 Å². The highest BCUT2D eigenvalue weighted by Crippen LogP contribution is 2.22. The van der Waals surface area contributed by atoms with Crippen LogP contribution in [0.25, 0.3) is 0 Å². The van der Waals surface area contributed by atoms with Gasteiger partial charge in [0.2, 0.25) is 17.7 Å². The Morgan fingerprint density at radius 3 is 1.83 bits per heavy atom. The molecule has 1 fully saturated rings. The normalized spacial score (nSPS) is 15.0. The van der Waals surface area contributed by atoms with Gasteiger partial charge in [-0.2, -0.15) is 0 Å². The van der Waals surface area contributed by atoms with E-state index in [4.69, 9.17) is 10.5 Å². The van der Waals surface area contributed by atoms with Gasteiger partial charge < -0.3 is 68.1 Å². The number of aliphatic imine (C=N–C) groups is 1. The Hall–Kier alpha value is -7.92. The molecule has 0 spiro atoms. The van der Waals surface area contributed by atoms with E-state index in [9.17, 15) is 63.6 Å². The quantitative estimate of drug-likeness (QED) is 0.0143. The number of phenolic OH excluding ortho intramolecular Hbond substituents is 1. The van der Waals surface area contributed by atoms with E-state index in [1.54, 1.807) is 64.9 Å². The predicted octanol–water partition coefficient (Wildman–Crippen LogP) is -1.48. The number of carboxylic acid groups (broad SMARTS) is 3. The zero-order chi connectivity index (χ0) is 59.1. The number of guanidine groups is 1. The Balaban J connectivity index is 1.22. The van der Waals surface area contributed by atoms with E-state index in [1.807, 2.05) is 4.90 Å². The first kappa shape index (κ1) is 65.6. The summed E-state index contributed by atoms with van der Waals surface area (Å²) in [6, 6.07) is 11.8. The van der Waals surface area contributed by atoms with E-state index in [0.29, 0.717) is 122 Å². The molecular weight excluding hydrogens is 1060 g/mol. The molecule has 28 heteroatoms. The van der Waals surface area contributed by atoms with E-state index in [0.717, 1.165) is 5.56 Å². The third-order valence-corrected chi connectivity index (χ3v) is 13.0. The molecule has 0 aliphatic carbocycles. The molecule has 81 heavy (non-hydrogen) atoms. The van der Waals surface area contributed by atoms with Gasteiger partial charge in [-0.1, -0.05) is 31.2 Å². The van der Waals surface area contributed by atoms with Crippen molar-refractivity contribution in [1.29, 1.82) is 0 Å². The summed E-state index contributed by atoms with van der Waals surface area (Å²) in [5, 5.41) is 60.7. The third kappa shape index (κ3) is 25.4. The molecule has 1 aliphatic rings. The van der Waals surface area contributed by atoms with Gasteiger partial charge in [-0.15, -0.1) is 0 Å². The van der Waals surface area contributed by atoms with Crippen LogP contribution in [0, 0.1) is 0 Å². The number of benzene rings is 2. The summed E-state index contributed by atoms with van der Waals surface area (Å²) in [6.07, 6.45) is 1.98. The summed E-state index contributed by atoms with van der Waals surface area (Å²) in [7, 11) is 0. The summed E-state index contributed by atoms with van der Waals surface area (Å²) in [5.74, 6) is -4.32. The van der Waals surface area contributed by atoms with Gasteiger partial charge in [0.15, 0.2) is 5.96 Å². The number of carboxylic acids is 3. The Kier molecular flexibility index (Phi) is 28.9. The highest BCUT2D eigenvalue weighted by Gasteiger charge is 2.26.